The molecule has 22 heavy (non-hydrogen) atoms. The van der Waals surface area contributed by atoms with Crippen molar-refractivity contribution in [2.45, 2.75) is 26.3 Å². The molecule has 1 aliphatic rings. The minimum atomic E-state index is -0.153. The lowest BCUT2D eigenvalue weighted by Crippen LogP contribution is -2.31. The van der Waals surface area contributed by atoms with Crippen molar-refractivity contribution < 1.29 is 4.39 Å². The molecule has 0 saturated heterocycles. The number of hydrogen-bond donors (Lipinski definition) is 2. The van der Waals surface area contributed by atoms with Crippen molar-refractivity contribution in [1.82, 2.24) is 10.3 Å². The molecular formula is C19H19FN2. The number of aromatic nitrogens is 1. The second-order valence-corrected chi connectivity index (χ2v) is 6.18. The fourth-order valence-electron chi connectivity index (χ4n) is 3.75. The van der Waals surface area contributed by atoms with Crippen LogP contribution in [-0.4, -0.2) is 11.5 Å². The van der Waals surface area contributed by atoms with E-state index in [1.807, 2.05) is 12.1 Å². The third kappa shape index (κ3) is 1.97. The molecule has 0 spiro atoms. The number of aromatic amines is 1. The van der Waals surface area contributed by atoms with Gasteiger partial charge in [0.25, 0.3) is 0 Å². The first kappa shape index (κ1) is 13.5. The van der Waals surface area contributed by atoms with Gasteiger partial charge in [-0.15, -0.1) is 0 Å². The summed E-state index contributed by atoms with van der Waals surface area (Å²) < 4.78 is 14.2. The van der Waals surface area contributed by atoms with Crippen molar-refractivity contribution in [3.8, 4) is 0 Å². The first-order chi connectivity index (χ1) is 10.6. The predicted molar refractivity (Wildman–Crippen MR) is 87.7 cm³/mol. The Morgan fingerprint density at radius 3 is 2.77 bits per heavy atom. The van der Waals surface area contributed by atoms with E-state index in [1.54, 1.807) is 6.07 Å². The first-order valence-electron chi connectivity index (χ1n) is 7.74. The van der Waals surface area contributed by atoms with Crippen molar-refractivity contribution in [3.05, 3.63) is 70.2 Å². The zero-order valence-corrected chi connectivity index (χ0v) is 12.8. The number of hydrogen-bond acceptors (Lipinski definition) is 1. The van der Waals surface area contributed by atoms with Crippen molar-refractivity contribution in [3.63, 3.8) is 0 Å². The zero-order chi connectivity index (χ0) is 15.3. The molecule has 4 rings (SSSR count). The summed E-state index contributed by atoms with van der Waals surface area (Å²) in [4.78, 5) is 3.54. The number of rotatable bonds is 1. The second-order valence-electron chi connectivity index (χ2n) is 6.18. The van der Waals surface area contributed by atoms with Gasteiger partial charge in [-0.05, 0) is 49.1 Å². The molecule has 1 aliphatic heterocycles. The Morgan fingerprint density at radius 2 is 1.95 bits per heavy atom. The summed E-state index contributed by atoms with van der Waals surface area (Å²) in [6.07, 6.45) is 0.976. The SMILES string of the molecule is Cc1cc(C)c2c3c([nH]c2c1)C(c1ccccc1F)NCC3. The molecule has 0 amide bonds. The van der Waals surface area contributed by atoms with E-state index in [0.29, 0.717) is 5.56 Å². The fourth-order valence-corrected chi connectivity index (χ4v) is 3.75. The van der Waals surface area contributed by atoms with E-state index in [9.17, 15) is 4.39 Å². The highest BCUT2D eigenvalue weighted by molar-refractivity contribution is 5.89. The molecule has 2 N–H and O–H groups in total. The number of fused-ring (bicyclic) bond motifs is 3. The summed E-state index contributed by atoms with van der Waals surface area (Å²) in [5.41, 5.74) is 6.86. The molecule has 3 heteroatoms. The maximum atomic E-state index is 14.2. The average Bonchev–Trinajstić information content (AvgIpc) is 2.86. The van der Waals surface area contributed by atoms with Gasteiger partial charge in [-0.25, -0.2) is 4.39 Å². The second kappa shape index (κ2) is 4.96. The van der Waals surface area contributed by atoms with Crippen LogP contribution in [0.3, 0.4) is 0 Å². The smallest absolute Gasteiger partial charge is 0.128 e. The summed E-state index contributed by atoms with van der Waals surface area (Å²) in [6, 6.07) is 11.3. The normalized spacial score (nSPS) is 17.7. The van der Waals surface area contributed by atoms with Crippen molar-refractivity contribution >= 4 is 10.9 Å². The van der Waals surface area contributed by atoms with E-state index in [-0.39, 0.29) is 11.9 Å². The highest BCUT2D eigenvalue weighted by Crippen LogP contribution is 2.36. The number of H-pyrrole nitrogens is 1. The van der Waals surface area contributed by atoms with Crippen LogP contribution in [0.25, 0.3) is 10.9 Å². The van der Waals surface area contributed by atoms with Crippen LogP contribution in [0.5, 0.6) is 0 Å². The van der Waals surface area contributed by atoms with Crippen LogP contribution in [0.15, 0.2) is 36.4 Å². The lowest BCUT2D eigenvalue weighted by Gasteiger charge is -2.25. The highest BCUT2D eigenvalue weighted by Gasteiger charge is 2.27. The molecule has 0 aliphatic carbocycles. The van der Waals surface area contributed by atoms with E-state index < -0.39 is 0 Å². The van der Waals surface area contributed by atoms with Gasteiger partial charge >= 0.3 is 0 Å². The van der Waals surface area contributed by atoms with E-state index >= 15 is 0 Å². The molecule has 0 bridgehead atoms. The average molecular weight is 294 g/mol. The van der Waals surface area contributed by atoms with Crippen LogP contribution in [0.2, 0.25) is 0 Å². The molecule has 1 atom stereocenters. The Balaban J connectivity index is 1.96. The molecule has 0 fully saturated rings. The van der Waals surface area contributed by atoms with Crippen molar-refractivity contribution in [1.29, 1.82) is 0 Å². The van der Waals surface area contributed by atoms with Gasteiger partial charge in [-0.1, -0.05) is 24.3 Å². The summed E-state index contributed by atoms with van der Waals surface area (Å²) in [5, 5.41) is 4.76. The molecule has 2 nitrogen and oxygen atoms in total. The molecule has 2 aromatic carbocycles. The Labute approximate surface area is 129 Å². The monoisotopic (exact) mass is 294 g/mol. The van der Waals surface area contributed by atoms with Gasteiger partial charge in [0.2, 0.25) is 0 Å². The third-order valence-corrected chi connectivity index (χ3v) is 4.60. The van der Waals surface area contributed by atoms with Crippen LogP contribution in [0.4, 0.5) is 4.39 Å². The quantitative estimate of drug-likeness (QED) is 0.693. The molecule has 0 saturated carbocycles. The Morgan fingerprint density at radius 1 is 1.14 bits per heavy atom. The standard InChI is InChI=1S/C19H19FN2/c1-11-9-12(2)17-14-7-8-21-18(19(14)22-16(17)10-11)13-5-3-4-6-15(13)20/h3-6,9-10,18,21-22H,7-8H2,1-2H3. The largest absolute Gasteiger partial charge is 0.357 e. The lowest BCUT2D eigenvalue weighted by atomic mass is 9.92. The van der Waals surface area contributed by atoms with Gasteiger partial charge < -0.3 is 10.3 Å². The zero-order valence-electron chi connectivity index (χ0n) is 12.8. The number of aryl methyl sites for hydroxylation is 2. The number of benzene rings is 2. The maximum absolute atomic E-state index is 14.2. The molecule has 0 radical (unpaired) electrons. The highest BCUT2D eigenvalue weighted by atomic mass is 19.1. The van der Waals surface area contributed by atoms with Gasteiger partial charge in [0.15, 0.2) is 0 Å². The van der Waals surface area contributed by atoms with Gasteiger partial charge in [0.05, 0.1) is 6.04 Å². The van der Waals surface area contributed by atoms with Crippen LogP contribution in [-0.2, 0) is 6.42 Å². The molecule has 3 aromatic rings. The van der Waals surface area contributed by atoms with E-state index in [0.717, 1.165) is 24.2 Å². The topological polar surface area (TPSA) is 27.8 Å². The van der Waals surface area contributed by atoms with Crippen molar-refractivity contribution in [2.24, 2.45) is 0 Å². The molecule has 1 aromatic heterocycles. The Bertz CT molecular complexity index is 863. The molecule has 1 unspecified atom stereocenters. The van der Waals surface area contributed by atoms with Crippen LogP contribution < -0.4 is 5.32 Å². The molecule has 112 valence electrons. The summed E-state index contributed by atoms with van der Waals surface area (Å²) >= 11 is 0. The minimum absolute atomic E-state index is 0.0999. The van der Waals surface area contributed by atoms with E-state index in [2.05, 4.69) is 36.3 Å². The Kier molecular flexibility index (Phi) is 3.05. The Hall–Kier alpha value is -2.13. The van der Waals surface area contributed by atoms with E-state index in [4.69, 9.17) is 0 Å². The lowest BCUT2D eigenvalue weighted by molar-refractivity contribution is 0.523. The summed E-state index contributed by atoms with van der Waals surface area (Å²) in [5.74, 6) is -0.153. The number of halogens is 1. The van der Waals surface area contributed by atoms with Gasteiger partial charge in [-0.2, -0.15) is 0 Å². The van der Waals surface area contributed by atoms with E-state index in [1.165, 1.54) is 28.1 Å². The van der Waals surface area contributed by atoms with Crippen LogP contribution >= 0.6 is 0 Å². The van der Waals surface area contributed by atoms with Crippen LogP contribution in [0, 0.1) is 19.7 Å². The van der Waals surface area contributed by atoms with Gasteiger partial charge in [0.1, 0.15) is 5.82 Å². The predicted octanol–water partition coefficient (Wildman–Crippen LogP) is 4.16. The van der Waals surface area contributed by atoms with Gasteiger partial charge in [0, 0.05) is 28.7 Å². The summed E-state index contributed by atoms with van der Waals surface area (Å²) in [7, 11) is 0. The first-order valence-corrected chi connectivity index (χ1v) is 7.74. The van der Waals surface area contributed by atoms with Gasteiger partial charge in [-0.3, -0.25) is 0 Å². The maximum Gasteiger partial charge on any atom is 0.128 e. The molecular weight excluding hydrogens is 275 g/mol. The molecule has 2 heterocycles. The fraction of sp³-hybridized carbons (Fsp3) is 0.263. The van der Waals surface area contributed by atoms with Crippen molar-refractivity contribution in [2.75, 3.05) is 6.54 Å². The third-order valence-electron chi connectivity index (χ3n) is 4.60. The minimum Gasteiger partial charge on any atom is -0.357 e. The number of nitrogens with one attached hydrogen (secondary N) is 2. The van der Waals surface area contributed by atoms with Crippen LogP contribution in [0.1, 0.15) is 34.0 Å². The summed E-state index contributed by atoms with van der Waals surface area (Å²) in [6.45, 7) is 5.13.